The molecule has 1 rings (SSSR count). The van der Waals surface area contributed by atoms with Gasteiger partial charge < -0.3 is 10.6 Å². The molecular weight excluding hydrogens is 258 g/mol. The van der Waals surface area contributed by atoms with Gasteiger partial charge in [0, 0.05) is 25.4 Å². The number of nitrogens with two attached hydrogens (primary N) is 1. The van der Waals surface area contributed by atoms with E-state index in [9.17, 15) is 4.79 Å². The third kappa shape index (κ3) is 5.53. The van der Waals surface area contributed by atoms with E-state index in [1.165, 1.54) is 11.3 Å². The highest BCUT2D eigenvalue weighted by atomic mass is 32.1. The summed E-state index contributed by atoms with van der Waals surface area (Å²) in [5.41, 5.74) is 6.02. The van der Waals surface area contributed by atoms with Gasteiger partial charge in [0.15, 0.2) is 0 Å². The van der Waals surface area contributed by atoms with Crippen LogP contribution in [0.3, 0.4) is 0 Å². The van der Waals surface area contributed by atoms with Crippen LogP contribution < -0.4 is 5.73 Å². The molecule has 0 radical (unpaired) electrons. The Labute approximate surface area is 119 Å². The van der Waals surface area contributed by atoms with Gasteiger partial charge in [-0.2, -0.15) is 0 Å². The van der Waals surface area contributed by atoms with Crippen molar-refractivity contribution in [2.75, 3.05) is 20.1 Å². The van der Waals surface area contributed by atoms with E-state index in [4.69, 9.17) is 5.73 Å². The van der Waals surface area contributed by atoms with Crippen LogP contribution in [0.4, 0.5) is 0 Å². The fraction of sp³-hybridized carbons (Fsp3) is 0.571. The van der Waals surface area contributed by atoms with Crippen molar-refractivity contribution < 1.29 is 4.79 Å². The number of thiazole rings is 1. The summed E-state index contributed by atoms with van der Waals surface area (Å²) >= 11 is 1.51. The predicted molar refractivity (Wildman–Crippen MR) is 80.5 cm³/mol. The lowest BCUT2D eigenvalue weighted by Gasteiger charge is -2.15. The van der Waals surface area contributed by atoms with Crippen molar-refractivity contribution in [3.05, 3.63) is 28.7 Å². The molecule has 0 spiro atoms. The maximum atomic E-state index is 12.1. The molecule has 0 aliphatic rings. The fourth-order valence-corrected chi connectivity index (χ4v) is 2.55. The van der Waals surface area contributed by atoms with E-state index >= 15 is 0 Å². The Bertz CT molecular complexity index is 403. The molecule has 1 aromatic rings. The predicted octanol–water partition coefficient (Wildman–Crippen LogP) is 2.46. The standard InChI is InChI=1S/C14H23N3OS/c1-3-4-5-6-7-10-17(2)14(18)12-11-19-13(16-12)8-9-15/h3,11H,1,4-10,15H2,2H3. The molecule has 4 nitrogen and oxygen atoms in total. The molecule has 0 fully saturated rings. The van der Waals surface area contributed by atoms with Gasteiger partial charge in [0.2, 0.25) is 0 Å². The van der Waals surface area contributed by atoms with E-state index in [1.54, 1.807) is 4.90 Å². The molecular formula is C14H23N3OS. The number of carbonyl (C=O) groups excluding carboxylic acids is 1. The van der Waals surface area contributed by atoms with Gasteiger partial charge in [-0.3, -0.25) is 4.79 Å². The highest BCUT2D eigenvalue weighted by molar-refractivity contribution is 7.09. The summed E-state index contributed by atoms with van der Waals surface area (Å²) in [6, 6.07) is 0. The first-order valence-corrected chi connectivity index (χ1v) is 7.57. The van der Waals surface area contributed by atoms with Gasteiger partial charge in [-0.05, 0) is 25.8 Å². The van der Waals surface area contributed by atoms with E-state index in [0.29, 0.717) is 12.2 Å². The van der Waals surface area contributed by atoms with Crippen molar-refractivity contribution >= 4 is 17.2 Å². The number of amides is 1. The maximum absolute atomic E-state index is 12.1. The SMILES string of the molecule is C=CCCCCCN(C)C(=O)c1csc(CCN)n1. The molecule has 19 heavy (non-hydrogen) atoms. The minimum absolute atomic E-state index is 0.00300. The molecule has 0 unspecified atom stereocenters. The summed E-state index contributed by atoms with van der Waals surface area (Å²) < 4.78 is 0. The number of aromatic nitrogens is 1. The zero-order chi connectivity index (χ0) is 14.1. The Morgan fingerprint density at radius 2 is 2.32 bits per heavy atom. The first kappa shape index (κ1) is 15.9. The summed E-state index contributed by atoms with van der Waals surface area (Å²) in [4.78, 5) is 18.2. The summed E-state index contributed by atoms with van der Waals surface area (Å²) in [6.07, 6.45) is 7.01. The average Bonchev–Trinajstić information content (AvgIpc) is 2.86. The second kappa shape index (κ2) is 8.82. The van der Waals surface area contributed by atoms with Crippen molar-refractivity contribution in [3.63, 3.8) is 0 Å². The van der Waals surface area contributed by atoms with Crippen LogP contribution in [0.25, 0.3) is 0 Å². The number of unbranched alkanes of at least 4 members (excludes halogenated alkanes) is 3. The normalized spacial score (nSPS) is 10.4. The second-order valence-electron chi connectivity index (χ2n) is 4.53. The minimum Gasteiger partial charge on any atom is -0.340 e. The number of hydrogen-bond donors (Lipinski definition) is 1. The van der Waals surface area contributed by atoms with Crippen molar-refractivity contribution in [2.45, 2.75) is 32.1 Å². The van der Waals surface area contributed by atoms with Gasteiger partial charge in [0.1, 0.15) is 5.69 Å². The van der Waals surface area contributed by atoms with Gasteiger partial charge in [-0.25, -0.2) is 4.98 Å². The van der Waals surface area contributed by atoms with E-state index in [2.05, 4.69) is 11.6 Å². The van der Waals surface area contributed by atoms with Crippen LogP contribution in [0.1, 0.15) is 41.2 Å². The summed E-state index contributed by atoms with van der Waals surface area (Å²) in [7, 11) is 1.83. The molecule has 1 aromatic heterocycles. The smallest absolute Gasteiger partial charge is 0.273 e. The average molecular weight is 281 g/mol. The van der Waals surface area contributed by atoms with Gasteiger partial charge in [0.25, 0.3) is 5.91 Å². The van der Waals surface area contributed by atoms with Crippen LogP contribution in [0, 0.1) is 0 Å². The molecule has 0 saturated carbocycles. The third-order valence-electron chi connectivity index (χ3n) is 2.88. The number of nitrogens with zero attached hydrogens (tertiary/aromatic N) is 2. The molecule has 0 aromatic carbocycles. The summed E-state index contributed by atoms with van der Waals surface area (Å²) in [6.45, 7) is 5.05. The first-order chi connectivity index (χ1) is 9.19. The molecule has 1 heterocycles. The zero-order valence-electron chi connectivity index (χ0n) is 11.6. The number of rotatable bonds is 9. The van der Waals surface area contributed by atoms with E-state index in [-0.39, 0.29) is 5.91 Å². The topological polar surface area (TPSA) is 59.2 Å². The molecule has 0 atom stereocenters. The Balaban J connectivity index is 2.36. The molecule has 0 bridgehead atoms. The molecule has 5 heteroatoms. The van der Waals surface area contributed by atoms with Crippen molar-refractivity contribution in [1.82, 2.24) is 9.88 Å². The highest BCUT2D eigenvalue weighted by Crippen LogP contribution is 2.12. The number of hydrogen-bond acceptors (Lipinski definition) is 4. The zero-order valence-corrected chi connectivity index (χ0v) is 12.4. The molecule has 2 N–H and O–H groups in total. The van der Waals surface area contributed by atoms with Gasteiger partial charge in [0.05, 0.1) is 5.01 Å². The Morgan fingerprint density at radius 1 is 1.53 bits per heavy atom. The molecule has 0 aliphatic heterocycles. The van der Waals surface area contributed by atoms with Gasteiger partial charge in [-0.15, -0.1) is 17.9 Å². The maximum Gasteiger partial charge on any atom is 0.273 e. The van der Waals surface area contributed by atoms with Crippen molar-refractivity contribution in [2.24, 2.45) is 5.73 Å². The van der Waals surface area contributed by atoms with Crippen LogP contribution >= 0.6 is 11.3 Å². The van der Waals surface area contributed by atoms with E-state index < -0.39 is 0 Å². The lowest BCUT2D eigenvalue weighted by molar-refractivity contribution is 0.0787. The van der Waals surface area contributed by atoms with Gasteiger partial charge in [-0.1, -0.05) is 12.5 Å². The Morgan fingerprint density at radius 3 is 3.00 bits per heavy atom. The monoisotopic (exact) mass is 281 g/mol. The molecule has 0 saturated heterocycles. The van der Waals surface area contributed by atoms with Crippen molar-refractivity contribution in [3.8, 4) is 0 Å². The lowest BCUT2D eigenvalue weighted by atomic mass is 10.2. The summed E-state index contributed by atoms with van der Waals surface area (Å²) in [5, 5.41) is 2.76. The van der Waals surface area contributed by atoms with E-state index in [0.717, 1.165) is 43.7 Å². The Hall–Kier alpha value is -1.20. The molecule has 0 aliphatic carbocycles. The largest absolute Gasteiger partial charge is 0.340 e. The van der Waals surface area contributed by atoms with E-state index in [1.807, 2.05) is 18.5 Å². The van der Waals surface area contributed by atoms with Crippen LogP contribution in [-0.4, -0.2) is 35.9 Å². The number of carbonyl (C=O) groups is 1. The number of allylic oxidation sites excluding steroid dienone is 1. The van der Waals surface area contributed by atoms with Crippen molar-refractivity contribution in [1.29, 1.82) is 0 Å². The minimum atomic E-state index is 0.00300. The first-order valence-electron chi connectivity index (χ1n) is 6.70. The third-order valence-corrected chi connectivity index (χ3v) is 3.79. The quantitative estimate of drug-likeness (QED) is 0.559. The highest BCUT2D eigenvalue weighted by Gasteiger charge is 2.14. The molecule has 1 amide bonds. The van der Waals surface area contributed by atoms with Gasteiger partial charge >= 0.3 is 0 Å². The summed E-state index contributed by atoms with van der Waals surface area (Å²) in [5.74, 6) is 0.00300. The second-order valence-corrected chi connectivity index (χ2v) is 5.47. The van der Waals surface area contributed by atoms with Crippen LogP contribution in [0.2, 0.25) is 0 Å². The van der Waals surface area contributed by atoms with Crippen LogP contribution in [0.5, 0.6) is 0 Å². The lowest BCUT2D eigenvalue weighted by Crippen LogP contribution is -2.28. The Kier molecular flexibility index (Phi) is 7.36. The molecule has 106 valence electrons. The fourth-order valence-electron chi connectivity index (χ4n) is 1.76. The van der Waals surface area contributed by atoms with Crippen LogP contribution in [-0.2, 0) is 6.42 Å². The van der Waals surface area contributed by atoms with Crippen LogP contribution in [0.15, 0.2) is 18.0 Å².